The number of aromatic nitrogens is 1. The van der Waals surface area contributed by atoms with E-state index in [1.807, 2.05) is 0 Å². The molecule has 0 spiro atoms. The first-order valence-corrected chi connectivity index (χ1v) is 19.6. The number of hydrogen-bond donors (Lipinski definition) is 5. The van der Waals surface area contributed by atoms with Crippen LogP contribution in [0.3, 0.4) is 0 Å². The van der Waals surface area contributed by atoms with E-state index in [1.165, 1.54) is 56.3 Å². The van der Waals surface area contributed by atoms with Crippen molar-refractivity contribution in [1.82, 2.24) is 31.6 Å². The third kappa shape index (κ3) is 14.3. The molecule has 0 aromatic carbocycles. The maximum atomic E-state index is 12.1. The summed E-state index contributed by atoms with van der Waals surface area (Å²) >= 11 is 1.79. The van der Waals surface area contributed by atoms with Crippen LogP contribution in [-0.2, 0) is 40.5 Å². The van der Waals surface area contributed by atoms with E-state index < -0.39 is 0 Å². The van der Waals surface area contributed by atoms with Crippen molar-refractivity contribution in [2.45, 2.75) is 99.9 Å². The zero-order chi connectivity index (χ0) is 29.8. The van der Waals surface area contributed by atoms with E-state index in [0.717, 1.165) is 43.3 Å². The summed E-state index contributed by atoms with van der Waals surface area (Å²) in [7, 11) is 11.2. The van der Waals surface area contributed by atoms with Crippen LogP contribution < -0.4 is 26.6 Å². The molecule has 2 saturated carbocycles. The average molecular weight is 689 g/mol. The summed E-state index contributed by atoms with van der Waals surface area (Å²) < 4.78 is 10.3. The van der Waals surface area contributed by atoms with Gasteiger partial charge in [0.15, 0.2) is 0 Å². The Balaban J connectivity index is 0.00000155. The molecule has 1 aliphatic heterocycles. The number of pyridine rings is 1. The predicted octanol–water partition coefficient (Wildman–Crippen LogP) is 3.71. The molecule has 4 rings (SSSR count). The second-order valence-corrected chi connectivity index (χ2v) is 14.2. The summed E-state index contributed by atoms with van der Waals surface area (Å²) in [5.74, 6) is 0.852. The summed E-state index contributed by atoms with van der Waals surface area (Å²) in [5.41, 5.74) is 2.21. The molecule has 9 nitrogen and oxygen atoms in total. The third-order valence-electron chi connectivity index (χ3n) is 8.06. The Morgan fingerprint density at radius 1 is 0.905 bits per heavy atom. The van der Waals surface area contributed by atoms with Crippen LogP contribution in [-0.4, -0.2) is 87.4 Å². The van der Waals surface area contributed by atoms with Crippen LogP contribution in [0.5, 0.6) is 0 Å². The minimum absolute atomic E-state index is 0.00694. The normalized spacial score (nSPS) is 25.0. The number of hydrogen-bond acceptors (Lipinski definition) is 9. The minimum atomic E-state index is 0.00694. The quantitative estimate of drug-likeness (QED) is 0.143. The number of amides is 1. The second kappa shape index (κ2) is 22.4. The molecule has 0 radical (unpaired) electrons. The summed E-state index contributed by atoms with van der Waals surface area (Å²) in [6.45, 7) is 5.75. The van der Waals surface area contributed by atoms with Gasteiger partial charge < -0.3 is 36.1 Å². The molecule has 3 aliphatic rings. The Kier molecular flexibility index (Phi) is 19.3. The van der Waals surface area contributed by atoms with Gasteiger partial charge in [-0.2, -0.15) is 0 Å². The van der Waals surface area contributed by atoms with Crippen molar-refractivity contribution in [2.75, 3.05) is 52.3 Å². The van der Waals surface area contributed by atoms with Gasteiger partial charge in [-0.3, -0.25) is 9.78 Å². The van der Waals surface area contributed by atoms with Crippen LogP contribution in [0.2, 0.25) is 0 Å². The predicted molar refractivity (Wildman–Crippen MR) is 169 cm³/mol. The number of nitrogens with zero attached hydrogens (tertiary/aromatic N) is 1. The number of ether oxygens (including phenoxy) is 2. The number of fused-ring (bicyclic) bond motifs is 4. The molecule has 2 fully saturated rings. The molecule has 2 aliphatic carbocycles. The van der Waals surface area contributed by atoms with Gasteiger partial charge in [-0.05, 0) is 37.8 Å². The monoisotopic (exact) mass is 687 g/mol. The standard InChI is InChI=1S/C29H50N6O3S.2ClH.Mn/c1-37-15-16-38-14-10-29(36)32-13-17-39-24-18-22-20-33-27-8-4-2-6-25(27)30-11-12-31-26-7-3-5-9-28(26)34-21-23(19-24)35-22;;;/h18-19,25-28,30-31,33-34H,2-17,20-21H2,1H3,(H,32,36);2*1H;/q;;;+2/p-2/t25-,26-,27-,28-;;;/m1.../s1. The maximum absolute atomic E-state index is 12.1. The first-order chi connectivity index (χ1) is 20.6. The average Bonchev–Trinajstić information content (AvgIpc) is 3.00. The SMILES string of the molecule is COCCOCCC(=O)NCCSc1cc2nc(c1)CN[C@@H]1CCCC[C@H]1NCCN[C@@H]1CCCC[C@H]1NC2.[Cl][Mn][Cl]. The number of rotatable bonds is 10. The van der Waals surface area contributed by atoms with Gasteiger partial charge in [-0.15, -0.1) is 11.8 Å². The van der Waals surface area contributed by atoms with Gasteiger partial charge >= 0.3 is 33.3 Å². The van der Waals surface area contributed by atoms with Gasteiger partial charge in [0.1, 0.15) is 0 Å². The van der Waals surface area contributed by atoms with Gasteiger partial charge in [0.05, 0.1) is 31.2 Å². The molecule has 1 amide bonds. The fourth-order valence-electron chi connectivity index (χ4n) is 5.97. The van der Waals surface area contributed by atoms with Gasteiger partial charge in [0.25, 0.3) is 0 Å². The Hall–Kier alpha value is -0.171. The summed E-state index contributed by atoms with van der Waals surface area (Å²) in [6.07, 6.45) is 10.5. The zero-order valence-corrected chi connectivity index (χ0v) is 28.4. The van der Waals surface area contributed by atoms with E-state index in [-0.39, 0.29) is 19.0 Å². The molecule has 0 saturated heterocycles. The van der Waals surface area contributed by atoms with Crippen molar-refractivity contribution in [2.24, 2.45) is 0 Å². The molecular weight excluding hydrogens is 638 g/mol. The molecule has 0 unspecified atom stereocenters. The van der Waals surface area contributed by atoms with Crippen LogP contribution >= 0.6 is 32.0 Å². The van der Waals surface area contributed by atoms with Gasteiger partial charge in [0.2, 0.25) is 5.91 Å². The second-order valence-electron chi connectivity index (χ2n) is 11.1. The van der Waals surface area contributed by atoms with Crippen molar-refractivity contribution in [1.29, 1.82) is 0 Å². The molecule has 2 bridgehead atoms. The first kappa shape index (κ1) is 36.3. The Bertz CT molecular complexity index is 848. The van der Waals surface area contributed by atoms with Crippen LogP contribution in [0, 0.1) is 0 Å². The molecule has 5 N–H and O–H groups in total. The molecular formula is C29H50Cl2MnN6O3S. The summed E-state index contributed by atoms with van der Waals surface area (Å²) in [4.78, 5) is 18.4. The molecule has 241 valence electrons. The molecule has 42 heavy (non-hydrogen) atoms. The van der Waals surface area contributed by atoms with Crippen LogP contribution in [0.1, 0.15) is 69.2 Å². The number of thioether (sulfide) groups is 1. The number of carbonyl (C=O) groups is 1. The fourth-order valence-corrected chi connectivity index (χ4v) is 6.84. The van der Waals surface area contributed by atoms with E-state index in [9.17, 15) is 4.79 Å². The van der Waals surface area contributed by atoms with E-state index in [2.05, 4.69) is 38.7 Å². The van der Waals surface area contributed by atoms with Crippen molar-refractivity contribution in [3.63, 3.8) is 0 Å². The van der Waals surface area contributed by atoms with Gasteiger partial charge in [0, 0.05) is 81.1 Å². The molecule has 4 atom stereocenters. The fraction of sp³-hybridized carbons (Fsp3) is 0.793. The Morgan fingerprint density at radius 2 is 1.43 bits per heavy atom. The van der Waals surface area contributed by atoms with Gasteiger partial charge in [-0.1, -0.05) is 25.7 Å². The summed E-state index contributed by atoms with van der Waals surface area (Å²) in [6, 6.07) is 6.47. The Morgan fingerprint density at radius 3 is 1.95 bits per heavy atom. The van der Waals surface area contributed by atoms with Gasteiger partial charge in [-0.25, -0.2) is 0 Å². The molecule has 1 aromatic rings. The third-order valence-corrected chi connectivity index (χ3v) is 9.04. The number of carbonyl (C=O) groups excluding carboxylic acids is 1. The van der Waals surface area contributed by atoms with E-state index in [1.54, 1.807) is 18.9 Å². The Labute approximate surface area is 271 Å². The number of halogens is 2. The number of nitrogens with one attached hydrogen (secondary N) is 5. The van der Waals surface area contributed by atoms with E-state index >= 15 is 0 Å². The topological polar surface area (TPSA) is 109 Å². The van der Waals surface area contributed by atoms with Crippen LogP contribution in [0.25, 0.3) is 0 Å². The van der Waals surface area contributed by atoms with Crippen molar-refractivity contribution in [3.8, 4) is 0 Å². The van der Waals surface area contributed by atoms with E-state index in [0.29, 0.717) is 57.0 Å². The van der Waals surface area contributed by atoms with Crippen molar-refractivity contribution < 1.29 is 27.4 Å². The zero-order valence-electron chi connectivity index (χ0n) is 24.9. The van der Waals surface area contributed by atoms with E-state index in [4.69, 9.17) is 34.7 Å². The van der Waals surface area contributed by atoms with Crippen LogP contribution in [0.15, 0.2) is 17.0 Å². The number of methoxy groups -OCH3 is 1. The molecule has 13 heteroatoms. The van der Waals surface area contributed by atoms with Crippen molar-refractivity contribution >= 4 is 37.9 Å². The molecule has 2 heterocycles. The van der Waals surface area contributed by atoms with Crippen LogP contribution in [0.4, 0.5) is 0 Å². The summed E-state index contributed by atoms with van der Waals surface area (Å²) in [5, 5.41) is 18.4. The first-order valence-electron chi connectivity index (χ1n) is 15.4. The molecule has 1 aromatic heterocycles. The van der Waals surface area contributed by atoms with Crippen molar-refractivity contribution in [3.05, 3.63) is 23.5 Å².